The summed E-state index contributed by atoms with van der Waals surface area (Å²) in [7, 11) is -3.84. The van der Waals surface area contributed by atoms with Crippen molar-refractivity contribution < 1.29 is 13.5 Å². The van der Waals surface area contributed by atoms with Gasteiger partial charge in [-0.05, 0) is 61.9 Å². The van der Waals surface area contributed by atoms with Crippen LogP contribution >= 0.6 is 0 Å². The van der Waals surface area contributed by atoms with Gasteiger partial charge in [0.2, 0.25) is 17.8 Å². The number of sulfonamides is 1. The molecular weight excluding hydrogens is 572 g/mol. The van der Waals surface area contributed by atoms with Crippen LogP contribution in [-0.2, 0) is 10.0 Å². The van der Waals surface area contributed by atoms with Gasteiger partial charge >= 0.3 is 0 Å². The Morgan fingerprint density at radius 2 is 1.65 bits per heavy atom. The zero-order valence-corrected chi connectivity index (χ0v) is 24.3. The number of piperidine rings is 2. The summed E-state index contributed by atoms with van der Waals surface area (Å²) in [6.07, 6.45) is 2.45. The number of aromatic nitrogens is 5. The number of aliphatic hydroxyl groups excluding tert-OH is 1. The normalized spacial score (nSPS) is 23.0. The zero-order chi connectivity index (χ0) is 30.1. The fraction of sp³-hybridized carbons (Fsp3) is 0.407. The monoisotopic (exact) mass is 608 g/mol. The fourth-order valence-corrected chi connectivity index (χ4v) is 6.58. The second-order valence-corrected chi connectivity index (χ2v) is 12.8. The minimum Gasteiger partial charge on any atom is -0.393 e. The first kappa shape index (κ1) is 29.0. The highest BCUT2D eigenvalue weighted by Crippen LogP contribution is 2.27. The summed E-state index contributed by atoms with van der Waals surface area (Å²) in [5.74, 6) is 1.06. The maximum atomic E-state index is 13.1. The topological polar surface area (TPSA) is 230 Å². The average molecular weight is 609 g/mol. The second-order valence-electron chi connectivity index (χ2n) is 11.1. The van der Waals surface area contributed by atoms with E-state index in [4.69, 9.17) is 22.2 Å². The van der Waals surface area contributed by atoms with Crippen LogP contribution in [0.2, 0.25) is 0 Å². The van der Waals surface area contributed by atoms with E-state index in [1.807, 2.05) is 9.80 Å². The van der Waals surface area contributed by atoms with Crippen molar-refractivity contribution in [1.29, 1.82) is 0 Å². The van der Waals surface area contributed by atoms with Crippen LogP contribution < -0.4 is 37.0 Å². The number of fused-ring (bicyclic) bond motifs is 1. The maximum Gasteiger partial charge on any atom is 0.261 e. The Balaban J connectivity index is 1.24. The number of hydrogen-bond acceptors (Lipinski definition) is 13. The molecule has 2 fully saturated rings. The molecule has 2 aromatic heterocycles. The van der Waals surface area contributed by atoms with Crippen LogP contribution in [0.1, 0.15) is 12.8 Å². The molecule has 0 radical (unpaired) electrons. The number of anilines is 5. The van der Waals surface area contributed by atoms with E-state index < -0.39 is 16.1 Å². The Hall–Kier alpha value is -4.09. The van der Waals surface area contributed by atoms with Crippen LogP contribution in [0.25, 0.3) is 10.9 Å². The molecule has 16 heteroatoms. The van der Waals surface area contributed by atoms with E-state index >= 15 is 0 Å². The molecule has 0 spiro atoms. The second kappa shape index (κ2) is 11.9. The van der Waals surface area contributed by atoms with Gasteiger partial charge in [0.15, 0.2) is 0 Å². The van der Waals surface area contributed by atoms with Gasteiger partial charge in [-0.2, -0.15) is 20.1 Å². The number of hydrogen-bond donors (Lipinski definition) is 7. The molecule has 2 aliphatic rings. The first-order chi connectivity index (χ1) is 20.7. The lowest BCUT2D eigenvalue weighted by Crippen LogP contribution is -2.53. The summed E-state index contributed by atoms with van der Waals surface area (Å²) < 4.78 is 28.7. The van der Waals surface area contributed by atoms with Gasteiger partial charge in [-0.1, -0.05) is 0 Å². The molecule has 0 bridgehead atoms. The molecule has 0 amide bonds. The average Bonchev–Trinajstić information content (AvgIpc) is 3.45. The van der Waals surface area contributed by atoms with E-state index in [-0.39, 0.29) is 28.8 Å². The van der Waals surface area contributed by atoms with Crippen molar-refractivity contribution in [2.45, 2.75) is 35.9 Å². The van der Waals surface area contributed by atoms with Crippen molar-refractivity contribution in [3.63, 3.8) is 0 Å². The van der Waals surface area contributed by atoms with Crippen LogP contribution in [0, 0.1) is 5.92 Å². The molecule has 15 nitrogen and oxygen atoms in total. The summed E-state index contributed by atoms with van der Waals surface area (Å²) in [6.45, 7) is 2.51. The van der Waals surface area contributed by atoms with Gasteiger partial charge in [-0.25, -0.2) is 8.42 Å². The van der Waals surface area contributed by atoms with Gasteiger partial charge in [-0.15, -0.1) is 0 Å². The number of rotatable bonds is 8. The molecule has 2 saturated heterocycles. The van der Waals surface area contributed by atoms with E-state index in [0.717, 1.165) is 10.9 Å². The summed E-state index contributed by atoms with van der Waals surface area (Å²) in [4.78, 5) is 18.1. The van der Waals surface area contributed by atoms with Crippen LogP contribution in [-0.4, -0.2) is 89.6 Å². The third kappa shape index (κ3) is 6.47. The molecule has 4 heterocycles. The number of nitrogens with zero attached hydrogens (tertiary/aromatic N) is 6. The summed E-state index contributed by atoms with van der Waals surface area (Å²) in [5, 5.41) is 21.2. The third-order valence-electron chi connectivity index (χ3n) is 7.80. The molecule has 0 aliphatic carbocycles. The molecule has 228 valence electrons. The van der Waals surface area contributed by atoms with E-state index in [1.54, 1.807) is 36.5 Å². The molecule has 10 N–H and O–H groups in total. The maximum absolute atomic E-state index is 13.1. The van der Waals surface area contributed by atoms with Gasteiger partial charge in [0.1, 0.15) is 0 Å². The Kier molecular flexibility index (Phi) is 8.02. The number of aliphatic hydroxyl groups is 1. The van der Waals surface area contributed by atoms with Crippen LogP contribution in [0.15, 0.2) is 53.6 Å². The van der Waals surface area contributed by atoms with Crippen molar-refractivity contribution in [3.05, 3.63) is 48.7 Å². The predicted octanol–water partition coefficient (Wildman–Crippen LogP) is 0.303. The summed E-state index contributed by atoms with van der Waals surface area (Å²) in [5.41, 5.74) is 20.1. The molecule has 4 aromatic rings. The van der Waals surface area contributed by atoms with E-state index in [1.165, 1.54) is 12.1 Å². The quantitative estimate of drug-likeness (QED) is 0.143. The Bertz CT molecular complexity index is 1670. The lowest BCUT2D eigenvalue weighted by Gasteiger charge is -2.37. The van der Waals surface area contributed by atoms with Crippen molar-refractivity contribution in [3.8, 4) is 0 Å². The number of aromatic amines is 1. The lowest BCUT2D eigenvalue weighted by atomic mass is 9.95. The standard InChI is InChI=1S/C27H36N12O3S/c28-11-17-13-38(8-7-24(17)40)26-33-25(34-27(35-26)39-14-18(29)9-19(30)15-39)32-20-3-5-22(6-4-20)43(41,42)37-21-2-1-16-12-31-36-23(16)10-21/h1-6,10,12,17-19,24,37,40H,7-9,11,13-15,28-30H2,(H,31,36)(H,32,33,34,35)/t17-,18-,19+,24+/m0/s1. The first-order valence-electron chi connectivity index (χ1n) is 14.1. The van der Waals surface area contributed by atoms with Gasteiger partial charge in [0.05, 0.1) is 28.4 Å². The number of nitrogens with two attached hydrogens (primary N) is 3. The largest absolute Gasteiger partial charge is 0.393 e. The zero-order valence-electron chi connectivity index (χ0n) is 23.5. The van der Waals surface area contributed by atoms with E-state index in [0.29, 0.717) is 68.8 Å². The van der Waals surface area contributed by atoms with Crippen LogP contribution in [0.4, 0.5) is 29.2 Å². The number of H-pyrrole nitrogens is 1. The Labute approximate surface area is 248 Å². The minimum absolute atomic E-state index is 0.0933. The van der Waals surface area contributed by atoms with Crippen LogP contribution in [0.3, 0.4) is 0 Å². The lowest BCUT2D eigenvalue weighted by molar-refractivity contribution is 0.0917. The van der Waals surface area contributed by atoms with Crippen molar-refractivity contribution >= 4 is 50.1 Å². The molecule has 6 rings (SSSR count). The fourth-order valence-electron chi connectivity index (χ4n) is 5.53. The summed E-state index contributed by atoms with van der Waals surface area (Å²) >= 11 is 0. The van der Waals surface area contributed by atoms with Crippen LogP contribution in [0.5, 0.6) is 0 Å². The molecule has 43 heavy (non-hydrogen) atoms. The van der Waals surface area contributed by atoms with Crippen molar-refractivity contribution in [2.24, 2.45) is 23.1 Å². The smallest absolute Gasteiger partial charge is 0.261 e. The summed E-state index contributed by atoms with van der Waals surface area (Å²) in [6, 6.07) is 11.2. The molecular formula is C27H36N12O3S. The highest BCUT2D eigenvalue weighted by molar-refractivity contribution is 7.92. The Morgan fingerprint density at radius 1 is 0.953 bits per heavy atom. The van der Waals surface area contributed by atoms with Gasteiger partial charge in [-0.3, -0.25) is 9.82 Å². The third-order valence-corrected chi connectivity index (χ3v) is 9.20. The van der Waals surface area contributed by atoms with Crippen molar-refractivity contribution in [1.82, 2.24) is 25.1 Å². The van der Waals surface area contributed by atoms with Gasteiger partial charge < -0.3 is 37.4 Å². The Morgan fingerprint density at radius 3 is 2.37 bits per heavy atom. The highest BCUT2D eigenvalue weighted by atomic mass is 32.2. The first-order valence-corrected chi connectivity index (χ1v) is 15.6. The number of nitrogens with one attached hydrogen (secondary N) is 3. The molecule has 0 saturated carbocycles. The molecule has 4 atom stereocenters. The van der Waals surface area contributed by atoms with E-state index in [2.05, 4.69) is 30.2 Å². The van der Waals surface area contributed by atoms with Gasteiger partial charge in [0.25, 0.3) is 10.0 Å². The highest BCUT2D eigenvalue weighted by Gasteiger charge is 2.30. The van der Waals surface area contributed by atoms with Crippen molar-refractivity contribution in [2.75, 3.05) is 52.6 Å². The van der Waals surface area contributed by atoms with E-state index in [9.17, 15) is 13.5 Å². The minimum atomic E-state index is -3.84. The molecule has 2 aliphatic heterocycles. The predicted molar refractivity (Wildman–Crippen MR) is 165 cm³/mol. The molecule has 0 unspecified atom stereocenters. The molecule has 2 aromatic carbocycles. The van der Waals surface area contributed by atoms with Gasteiger partial charge in [0, 0.05) is 55.3 Å². The number of benzene rings is 2. The SMILES string of the molecule is NC[C@H]1CN(c2nc(Nc3ccc(S(=O)(=O)Nc4ccc5cn[nH]c5c4)cc3)nc(N3C[C@H](N)C[C@H](N)C3)n2)CC[C@H]1O.